The van der Waals surface area contributed by atoms with Crippen molar-refractivity contribution in [2.45, 2.75) is 20.3 Å². The molecule has 0 amide bonds. The number of carboxylic acid groups (broad SMARTS) is 1. The molecule has 1 fully saturated rings. The summed E-state index contributed by atoms with van der Waals surface area (Å²) in [5, 5.41) is 8.39. The van der Waals surface area contributed by atoms with Crippen molar-refractivity contribution in [1.29, 1.82) is 0 Å². The van der Waals surface area contributed by atoms with E-state index in [9.17, 15) is 4.79 Å². The van der Waals surface area contributed by atoms with Crippen LogP contribution >= 0.6 is 0 Å². The first-order valence-electron chi connectivity index (χ1n) is 4.77. The van der Waals surface area contributed by atoms with Gasteiger partial charge in [-0.3, -0.25) is 4.79 Å². The maximum absolute atomic E-state index is 10.2. The molecule has 1 aromatic carbocycles. The predicted molar refractivity (Wildman–Crippen MR) is 56.0 cm³/mol. The Labute approximate surface area is 84.6 Å². The van der Waals surface area contributed by atoms with Gasteiger partial charge in [-0.2, -0.15) is 0 Å². The van der Waals surface area contributed by atoms with Crippen molar-refractivity contribution in [3.63, 3.8) is 0 Å². The fourth-order valence-electron chi connectivity index (χ4n) is 1.27. The fraction of sp³-hybridized carbons (Fsp3) is 0.417. The summed E-state index contributed by atoms with van der Waals surface area (Å²) in [7, 11) is 0. The van der Waals surface area contributed by atoms with Gasteiger partial charge in [0.25, 0.3) is 0 Å². The molecule has 0 spiro atoms. The third kappa shape index (κ3) is 3.21. The van der Waals surface area contributed by atoms with Gasteiger partial charge >= 0.3 is 5.97 Å². The summed E-state index contributed by atoms with van der Waals surface area (Å²) in [6.45, 7) is 3.96. The van der Waals surface area contributed by atoms with E-state index in [-0.39, 0.29) is 11.3 Å². The SMILES string of the molecule is CC1(C)CC1C(=O)O.c1ccccc1. The van der Waals surface area contributed by atoms with Crippen LogP contribution in [0, 0.1) is 11.3 Å². The van der Waals surface area contributed by atoms with E-state index in [1.54, 1.807) is 0 Å². The van der Waals surface area contributed by atoms with Gasteiger partial charge in [-0.15, -0.1) is 0 Å². The van der Waals surface area contributed by atoms with Crippen LogP contribution in [0.4, 0.5) is 0 Å². The minimum absolute atomic E-state index is 0.0671. The number of aliphatic carboxylic acids is 1. The Morgan fingerprint density at radius 1 is 1.14 bits per heavy atom. The van der Waals surface area contributed by atoms with Crippen LogP contribution in [-0.4, -0.2) is 11.1 Å². The second-order valence-electron chi connectivity index (χ2n) is 4.24. The van der Waals surface area contributed by atoms with Gasteiger partial charge in [0, 0.05) is 0 Å². The Hall–Kier alpha value is -1.31. The van der Waals surface area contributed by atoms with Gasteiger partial charge in [-0.25, -0.2) is 0 Å². The summed E-state index contributed by atoms with van der Waals surface area (Å²) in [4.78, 5) is 10.2. The van der Waals surface area contributed by atoms with Crippen LogP contribution in [0.25, 0.3) is 0 Å². The smallest absolute Gasteiger partial charge is 0.307 e. The Balaban J connectivity index is 0.000000146. The van der Waals surface area contributed by atoms with E-state index in [1.165, 1.54) is 0 Å². The van der Waals surface area contributed by atoms with E-state index in [4.69, 9.17) is 5.11 Å². The highest BCUT2D eigenvalue weighted by atomic mass is 16.4. The van der Waals surface area contributed by atoms with Crippen molar-refractivity contribution in [3.05, 3.63) is 36.4 Å². The number of carbonyl (C=O) groups is 1. The van der Waals surface area contributed by atoms with E-state index in [1.807, 2.05) is 50.2 Å². The first kappa shape index (κ1) is 10.8. The van der Waals surface area contributed by atoms with Gasteiger partial charge in [0.15, 0.2) is 0 Å². The Kier molecular flexibility index (Phi) is 3.28. The molecule has 76 valence electrons. The highest BCUT2D eigenvalue weighted by Crippen LogP contribution is 2.51. The average molecular weight is 192 g/mol. The lowest BCUT2D eigenvalue weighted by molar-refractivity contribution is -0.139. The quantitative estimate of drug-likeness (QED) is 0.742. The molecule has 1 aliphatic rings. The zero-order valence-electron chi connectivity index (χ0n) is 8.60. The topological polar surface area (TPSA) is 37.3 Å². The molecular weight excluding hydrogens is 176 g/mol. The van der Waals surface area contributed by atoms with E-state index in [0.717, 1.165) is 6.42 Å². The molecule has 1 aliphatic carbocycles. The lowest BCUT2D eigenvalue weighted by Crippen LogP contribution is -2.02. The summed E-state index contributed by atoms with van der Waals surface area (Å²) >= 11 is 0. The summed E-state index contributed by atoms with van der Waals surface area (Å²) in [6, 6.07) is 12.0. The van der Waals surface area contributed by atoms with E-state index >= 15 is 0 Å². The van der Waals surface area contributed by atoms with Gasteiger partial charge in [-0.1, -0.05) is 50.2 Å². The standard InChI is InChI=1S/C6H10O2.C6H6/c1-6(2)3-4(6)5(7)8;1-2-4-6-5-3-1/h4H,3H2,1-2H3,(H,7,8);1-6H. The molecule has 1 unspecified atom stereocenters. The van der Waals surface area contributed by atoms with Crippen molar-refractivity contribution in [2.75, 3.05) is 0 Å². The Morgan fingerprint density at radius 3 is 1.50 bits per heavy atom. The predicted octanol–water partition coefficient (Wildman–Crippen LogP) is 2.80. The van der Waals surface area contributed by atoms with Crippen LogP contribution in [0.5, 0.6) is 0 Å². The Morgan fingerprint density at radius 2 is 1.43 bits per heavy atom. The molecule has 1 saturated carbocycles. The molecular formula is C12H16O2. The molecule has 0 heterocycles. The van der Waals surface area contributed by atoms with E-state index < -0.39 is 5.97 Å². The molecule has 0 aliphatic heterocycles. The molecule has 2 nitrogen and oxygen atoms in total. The number of hydrogen-bond acceptors (Lipinski definition) is 1. The van der Waals surface area contributed by atoms with Gasteiger partial charge in [0.1, 0.15) is 0 Å². The molecule has 1 atom stereocenters. The minimum atomic E-state index is -0.644. The number of carboxylic acids is 1. The van der Waals surface area contributed by atoms with Crippen molar-refractivity contribution < 1.29 is 9.90 Å². The molecule has 0 aromatic heterocycles. The molecule has 0 bridgehead atoms. The van der Waals surface area contributed by atoms with Crippen LogP contribution in [0.3, 0.4) is 0 Å². The lowest BCUT2D eigenvalue weighted by Gasteiger charge is -1.94. The molecule has 1 N–H and O–H groups in total. The first-order valence-corrected chi connectivity index (χ1v) is 4.77. The maximum atomic E-state index is 10.2. The van der Waals surface area contributed by atoms with Crippen molar-refractivity contribution in [3.8, 4) is 0 Å². The van der Waals surface area contributed by atoms with Gasteiger partial charge in [-0.05, 0) is 11.8 Å². The largest absolute Gasteiger partial charge is 0.481 e. The highest BCUT2D eigenvalue weighted by molar-refractivity contribution is 5.74. The maximum Gasteiger partial charge on any atom is 0.307 e. The Bertz CT molecular complexity index is 264. The summed E-state index contributed by atoms with van der Waals surface area (Å²) < 4.78 is 0. The highest BCUT2D eigenvalue weighted by Gasteiger charge is 2.50. The molecule has 1 aromatic rings. The van der Waals surface area contributed by atoms with Gasteiger partial charge in [0.2, 0.25) is 0 Å². The minimum Gasteiger partial charge on any atom is -0.481 e. The summed E-state index contributed by atoms with van der Waals surface area (Å²) in [5.74, 6) is -0.711. The zero-order chi connectivity index (χ0) is 10.6. The molecule has 2 heteroatoms. The molecule has 0 radical (unpaired) electrons. The average Bonchev–Trinajstić information content (AvgIpc) is 2.80. The van der Waals surface area contributed by atoms with E-state index in [0.29, 0.717) is 0 Å². The normalized spacial score (nSPS) is 21.7. The molecule has 2 rings (SSSR count). The number of hydrogen-bond donors (Lipinski definition) is 1. The lowest BCUT2D eigenvalue weighted by atomic mass is 10.1. The number of benzene rings is 1. The monoisotopic (exact) mass is 192 g/mol. The summed E-state index contributed by atoms with van der Waals surface area (Å²) in [6.07, 6.45) is 0.850. The van der Waals surface area contributed by atoms with Crippen molar-refractivity contribution in [2.24, 2.45) is 11.3 Å². The molecule has 14 heavy (non-hydrogen) atoms. The molecule has 0 saturated heterocycles. The van der Waals surface area contributed by atoms with Gasteiger partial charge in [0.05, 0.1) is 5.92 Å². The van der Waals surface area contributed by atoms with Crippen molar-refractivity contribution >= 4 is 5.97 Å². The third-order valence-electron chi connectivity index (χ3n) is 2.48. The van der Waals surface area contributed by atoms with Crippen molar-refractivity contribution in [1.82, 2.24) is 0 Å². The fourth-order valence-corrected chi connectivity index (χ4v) is 1.27. The van der Waals surface area contributed by atoms with Crippen LogP contribution in [0.15, 0.2) is 36.4 Å². The second kappa shape index (κ2) is 4.27. The van der Waals surface area contributed by atoms with E-state index in [2.05, 4.69) is 0 Å². The first-order chi connectivity index (χ1) is 6.54. The van der Waals surface area contributed by atoms with Crippen LogP contribution < -0.4 is 0 Å². The van der Waals surface area contributed by atoms with Gasteiger partial charge < -0.3 is 5.11 Å². The van der Waals surface area contributed by atoms with Crippen LogP contribution in [-0.2, 0) is 4.79 Å². The van der Waals surface area contributed by atoms with Crippen LogP contribution in [0.2, 0.25) is 0 Å². The number of rotatable bonds is 1. The third-order valence-corrected chi connectivity index (χ3v) is 2.48. The van der Waals surface area contributed by atoms with Crippen LogP contribution in [0.1, 0.15) is 20.3 Å². The zero-order valence-corrected chi connectivity index (χ0v) is 8.60. The summed E-state index contributed by atoms with van der Waals surface area (Å²) in [5.41, 5.74) is 0.0891. The second-order valence-corrected chi connectivity index (χ2v) is 4.24.